The number of nitrogens with zero attached hydrogens (tertiary/aromatic N) is 3. The van der Waals surface area contributed by atoms with E-state index in [1.807, 2.05) is 19.9 Å². The van der Waals surface area contributed by atoms with Gasteiger partial charge in [0.05, 0.1) is 18.4 Å². The summed E-state index contributed by atoms with van der Waals surface area (Å²) in [6, 6.07) is 3.14. The summed E-state index contributed by atoms with van der Waals surface area (Å²) in [5.74, 6) is 1.74. The van der Waals surface area contributed by atoms with Crippen LogP contribution in [0.5, 0.6) is 0 Å². The summed E-state index contributed by atoms with van der Waals surface area (Å²) in [6.45, 7) is 6.35. The van der Waals surface area contributed by atoms with Crippen molar-refractivity contribution in [1.29, 1.82) is 0 Å². The third-order valence-electron chi connectivity index (χ3n) is 3.87. The largest absolute Gasteiger partial charge is 0.467 e. The Morgan fingerprint density at radius 1 is 1.48 bits per heavy atom. The van der Waals surface area contributed by atoms with E-state index in [4.69, 9.17) is 9.15 Å². The lowest BCUT2D eigenvalue weighted by Crippen LogP contribution is -2.29. The second-order valence-corrected chi connectivity index (χ2v) is 6.90. The van der Waals surface area contributed by atoms with Gasteiger partial charge in [0.1, 0.15) is 11.8 Å². The minimum Gasteiger partial charge on any atom is -0.467 e. The molecule has 3 rings (SSSR count). The molecular weight excluding hydrogens is 340 g/mol. The molecule has 0 radical (unpaired) electrons. The van der Waals surface area contributed by atoms with Crippen LogP contribution in [-0.4, -0.2) is 33.1 Å². The van der Waals surface area contributed by atoms with E-state index in [-0.39, 0.29) is 5.97 Å². The Balaban J connectivity index is 1.98. The highest BCUT2D eigenvalue weighted by Crippen LogP contribution is 2.36. The molecule has 25 heavy (non-hydrogen) atoms. The van der Waals surface area contributed by atoms with Crippen molar-refractivity contribution in [2.24, 2.45) is 0 Å². The maximum absolute atomic E-state index is 12.7. The summed E-state index contributed by atoms with van der Waals surface area (Å²) >= 11 is 1.55. The van der Waals surface area contributed by atoms with Crippen LogP contribution in [0.1, 0.15) is 45.4 Å². The van der Waals surface area contributed by atoms with Crippen molar-refractivity contribution in [1.82, 2.24) is 14.8 Å². The summed E-state index contributed by atoms with van der Waals surface area (Å²) in [6.07, 6.45) is 3.39. The molecule has 2 aromatic heterocycles. The molecule has 1 N–H and O–H groups in total. The first kappa shape index (κ1) is 17.6. The molecule has 0 aliphatic carbocycles. The molecule has 134 valence electrons. The quantitative estimate of drug-likeness (QED) is 0.457. The Hall–Kier alpha value is -2.22. The van der Waals surface area contributed by atoms with E-state index in [2.05, 4.69) is 22.3 Å². The number of allylic oxidation sites excluding steroid dienone is 1. The van der Waals surface area contributed by atoms with E-state index >= 15 is 0 Å². The van der Waals surface area contributed by atoms with Crippen LogP contribution >= 0.6 is 11.8 Å². The molecule has 0 saturated carbocycles. The van der Waals surface area contributed by atoms with Crippen molar-refractivity contribution in [2.45, 2.75) is 44.8 Å². The zero-order valence-electron chi connectivity index (χ0n) is 14.6. The number of unbranched alkanes of at least 4 members (excludes halogenated alkanes) is 1. The van der Waals surface area contributed by atoms with E-state index in [1.165, 1.54) is 0 Å². The number of anilines is 1. The van der Waals surface area contributed by atoms with Gasteiger partial charge in [0.15, 0.2) is 0 Å². The van der Waals surface area contributed by atoms with Crippen LogP contribution in [0.4, 0.5) is 5.95 Å². The van der Waals surface area contributed by atoms with E-state index < -0.39 is 6.04 Å². The summed E-state index contributed by atoms with van der Waals surface area (Å²) in [4.78, 5) is 17.2. The first-order valence-corrected chi connectivity index (χ1v) is 9.41. The van der Waals surface area contributed by atoms with Crippen molar-refractivity contribution in [3.63, 3.8) is 0 Å². The number of furan rings is 1. The number of fused-ring (bicyclic) bond motifs is 1. The third kappa shape index (κ3) is 3.58. The zero-order chi connectivity index (χ0) is 17.8. The second-order valence-electron chi connectivity index (χ2n) is 5.67. The lowest BCUT2D eigenvalue weighted by Gasteiger charge is -2.26. The van der Waals surface area contributed by atoms with Crippen molar-refractivity contribution in [3.05, 3.63) is 35.4 Å². The molecule has 1 unspecified atom stereocenters. The van der Waals surface area contributed by atoms with E-state index in [0.717, 1.165) is 18.6 Å². The maximum atomic E-state index is 12.7. The Morgan fingerprint density at radius 3 is 3.00 bits per heavy atom. The second kappa shape index (κ2) is 7.77. The topological polar surface area (TPSA) is 82.2 Å². The van der Waals surface area contributed by atoms with Gasteiger partial charge in [-0.25, -0.2) is 9.48 Å². The Morgan fingerprint density at radius 2 is 2.32 bits per heavy atom. The van der Waals surface area contributed by atoms with Gasteiger partial charge in [0, 0.05) is 5.70 Å². The average Bonchev–Trinajstić information content (AvgIpc) is 3.23. The average molecular weight is 362 g/mol. The van der Waals surface area contributed by atoms with Crippen LogP contribution in [0.2, 0.25) is 0 Å². The number of nitrogens with one attached hydrogen (secondary N) is 1. The van der Waals surface area contributed by atoms with Crippen LogP contribution in [0.15, 0.2) is 39.2 Å². The van der Waals surface area contributed by atoms with E-state index in [9.17, 15) is 4.79 Å². The van der Waals surface area contributed by atoms with E-state index in [0.29, 0.717) is 34.7 Å². The van der Waals surface area contributed by atoms with Gasteiger partial charge in [-0.3, -0.25) is 0 Å². The molecule has 7 nitrogen and oxygen atoms in total. The van der Waals surface area contributed by atoms with Gasteiger partial charge < -0.3 is 14.5 Å². The van der Waals surface area contributed by atoms with Crippen LogP contribution in [-0.2, 0) is 9.53 Å². The number of hydrogen-bond acceptors (Lipinski definition) is 7. The highest BCUT2D eigenvalue weighted by Gasteiger charge is 2.36. The number of ether oxygens (including phenoxy) is 1. The number of esters is 1. The lowest BCUT2D eigenvalue weighted by molar-refractivity contribution is -0.139. The van der Waals surface area contributed by atoms with Gasteiger partial charge in [-0.1, -0.05) is 32.0 Å². The number of hydrogen-bond donors (Lipinski definition) is 1. The molecular formula is C17H22N4O3S. The molecule has 0 saturated heterocycles. The zero-order valence-corrected chi connectivity index (χ0v) is 15.4. The van der Waals surface area contributed by atoms with Crippen molar-refractivity contribution in [3.8, 4) is 0 Å². The maximum Gasteiger partial charge on any atom is 0.338 e. The van der Waals surface area contributed by atoms with Gasteiger partial charge in [0.2, 0.25) is 11.1 Å². The molecule has 1 aliphatic rings. The van der Waals surface area contributed by atoms with Gasteiger partial charge >= 0.3 is 5.97 Å². The van der Waals surface area contributed by atoms with Gasteiger partial charge in [-0.05, 0) is 31.2 Å². The number of rotatable bonds is 7. The molecule has 1 atom stereocenters. The lowest BCUT2D eigenvalue weighted by atomic mass is 10.0. The van der Waals surface area contributed by atoms with E-state index in [1.54, 1.807) is 28.8 Å². The normalized spacial score (nSPS) is 16.5. The molecule has 8 heteroatoms. The smallest absolute Gasteiger partial charge is 0.338 e. The Labute approximate surface area is 150 Å². The SMILES string of the molecule is CCCCOC(=O)C1=C(C)Nc2nc(SCC)nn2C1c1ccco1. The fourth-order valence-corrected chi connectivity index (χ4v) is 3.24. The Bertz CT molecular complexity index is 767. The van der Waals surface area contributed by atoms with Crippen LogP contribution in [0.25, 0.3) is 0 Å². The molecule has 0 fully saturated rings. The Kier molecular flexibility index (Phi) is 5.47. The fourth-order valence-electron chi connectivity index (χ4n) is 2.68. The highest BCUT2D eigenvalue weighted by molar-refractivity contribution is 7.99. The minimum absolute atomic E-state index is 0.356. The summed E-state index contributed by atoms with van der Waals surface area (Å²) in [5, 5.41) is 8.37. The van der Waals surface area contributed by atoms with Gasteiger partial charge in [-0.15, -0.1) is 5.10 Å². The van der Waals surface area contributed by atoms with Crippen LogP contribution in [0.3, 0.4) is 0 Å². The molecule has 0 spiro atoms. The standard InChI is InChI=1S/C17H22N4O3S/c1-4-6-9-24-15(22)13-11(3)18-16-19-17(25-5-2)20-21(16)14(13)12-8-7-10-23-12/h7-8,10,14H,4-6,9H2,1-3H3,(H,18,19,20). The number of carbonyl (C=O) groups is 1. The predicted molar refractivity (Wildman–Crippen MR) is 95.5 cm³/mol. The highest BCUT2D eigenvalue weighted by atomic mass is 32.2. The van der Waals surface area contributed by atoms with Crippen LogP contribution in [0, 0.1) is 0 Å². The van der Waals surface area contributed by atoms with Gasteiger partial charge in [-0.2, -0.15) is 4.98 Å². The fraction of sp³-hybridized carbons (Fsp3) is 0.471. The summed E-state index contributed by atoms with van der Waals surface area (Å²) in [7, 11) is 0. The monoisotopic (exact) mass is 362 g/mol. The van der Waals surface area contributed by atoms with Crippen molar-refractivity contribution in [2.75, 3.05) is 17.7 Å². The molecule has 1 aliphatic heterocycles. The van der Waals surface area contributed by atoms with Crippen molar-refractivity contribution < 1.29 is 13.9 Å². The molecule has 0 bridgehead atoms. The summed E-state index contributed by atoms with van der Waals surface area (Å²) in [5.41, 5.74) is 1.20. The van der Waals surface area contributed by atoms with Gasteiger partial charge in [0.25, 0.3) is 0 Å². The predicted octanol–water partition coefficient (Wildman–Crippen LogP) is 3.62. The first-order chi connectivity index (χ1) is 12.2. The summed E-state index contributed by atoms with van der Waals surface area (Å²) < 4.78 is 12.7. The third-order valence-corrected chi connectivity index (χ3v) is 4.59. The molecule has 3 heterocycles. The number of carbonyl (C=O) groups excluding carboxylic acids is 1. The van der Waals surface area contributed by atoms with Crippen LogP contribution < -0.4 is 5.32 Å². The number of aromatic nitrogens is 3. The number of thioether (sulfide) groups is 1. The molecule has 0 aromatic carbocycles. The minimum atomic E-state index is -0.487. The molecule has 2 aromatic rings. The van der Waals surface area contributed by atoms with Crippen molar-refractivity contribution >= 4 is 23.7 Å². The molecule has 0 amide bonds. The first-order valence-electron chi connectivity index (χ1n) is 8.43.